The Hall–Kier alpha value is -2.66. The molecule has 5 heteroatoms. The Morgan fingerprint density at radius 2 is 1.92 bits per heavy atom. The summed E-state index contributed by atoms with van der Waals surface area (Å²) < 4.78 is 0. The Kier molecular flexibility index (Phi) is 4.62. The molecule has 2 aromatic heterocycles. The first kappa shape index (κ1) is 16.2. The summed E-state index contributed by atoms with van der Waals surface area (Å²) in [5.74, 6) is -0.305. The highest BCUT2D eigenvalue weighted by molar-refractivity contribution is 7.10. The maximum Gasteiger partial charge on any atom is 0.268 e. The molecule has 0 saturated carbocycles. The van der Waals surface area contributed by atoms with Gasteiger partial charge < -0.3 is 10.3 Å². The van der Waals surface area contributed by atoms with Gasteiger partial charge in [-0.05, 0) is 36.9 Å². The first-order valence-corrected chi connectivity index (χ1v) is 8.53. The van der Waals surface area contributed by atoms with Gasteiger partial charge >= 0.3 is 0 Å². The van der Waals surface area contributed by atoms with Crippen molar-refractivity contribution in [3.8, 4) is 0 Å². The molecule has 1 atom stereocenters. The van der Waals surface area contributed by atoms with Gasteiger partial charge in [-0.1, -0.05) is 35.9 Å². The van der Waals surface area contributed by atoms with E-state index in [1.165, 1.54) is 12.5 Å². The monoisotopic (exact) mass is 338 g/mol. The molecule has 3 aromatic rings. The highest BCUT2D eigenvalue weighted by Crippen LogP contribution is 2.26. The first-order valence-electron chi connectivity index (χ1n) is 7.65. The first-order chi connectivity index (χ1) is 11.5. The second-order valence-corrected chi connectivity index (χ2v) is 6.67. The van der Waals surface area contributed by atoms with Crippen LogP contribution < -0.4 is 5.32 Å². The van der Waals surface area contributed by atoms with Crippen molar-refractivity contribution in [1.29, 1.82) is 0 Å². The van der Waals surface area contributed by atoms with Gasteiger partial charge in [0.15, 0.2) is 5.78 Å². The van der Waals surface area contributed by atoms with Gasteiger partial charge in [0, 0.05) is 16.6 Å². The number of hydrogen-bond acceptors (Lipinski definition) is 3. The maximum atomic E-state index is 12.6. The smallest absolute Gasteiger partial charge is 0.268 e. The molecule has 2 heterocycles. The predicted molar refractivity (Wildman–Crippen MR) is 95.6 cm³/mol. The van der Waals surface area contributed by atoms with E-state index in [9.17, 15) is 9.59 Å². The molecule has 0 fully saturated rings. The molecular weight excluding hydrogens is 320 g/mol. The molecule has 0 aliphatic heterocycles. The van der Waals surface area contributed by atoms with Gasteiger partial charge in [0.05, 0.1) is 6.04 Å². The zero-order valence-corrected chi connectivity index (χ0v) is 14.3. The van der Waals surface area contributed by atoms with Crippen molar-refractivity contribution in [3.63, 3.8) is 0 Å². The topological polar surface area (TPSA) is 62.0 Å². The fourth-order valence-corrected chi connectivity index (χ4v) is 3.27. The number of aryl methyl sites for hydroxylation is 1. The highest BCUT2D eigenvalue weighted by atomic mass is 32.1. The van der Waals surface area contributed by atoms with Gasteiger partial charge in [0.2, 0.25) is 0 Å². The van der Waals surface area contributed by atoms with Crippen LogP contribution in [0.5, 0.6) is 0 Å². The Morgan fingerprint density at radius 3 is 2.50 bits per heavy atom. The van der Waals surface area contributed by atoms with Crippen LogP contribution in [0.2, 0.25) is 0 Å². The molecule has 0 saturated heterocycles. The number of carbonyl (C=O) groups is 2. The van der Waals surface area contributed by atoms with Crippen LogP contribution in [-0.2, 0) is 0 Å². The fourth-order valence-electron chi connectivity index (χ4n) is 2.47. The minimum atomic E-state index is -0.235. The third-order valence-electron chi connectivity index (χ3n) is 3.85. The number of aromatic nitrogens is 1. The van der Waals surface area contributed by atoms with Crippen molar-refractivity contribution in [2.45, 2.75) is 19.9 Å². The van der Waals surface area contributed by atoms with E-state index in [0.717, 1.165) is 10.4 Å². The van der Waals surface area contributed by atoms with Gasteiger partial charge in [-0.15, -0.1) is 11.3 Å². The van der Waals surface area contributed by atoms with E-state index in [1.807, 2.05) is 48.7 Å². The number of ketones is 1. The molecule has 1 amide bonds. The number of thiophene rings is 1. The summed E-state index contributed by atoms with van der Waals surface area (Å²) in [4.78, 5) is 27.9. The van der Waals surface area contributed by atoms with Crippen LogP contribution in [0.1, 0.15) is 49.8 Å². The van der Waals surface area contributed by atoms with Crippen molar-refractivity contribution in [1.82, 2.24) is 10.3 Å². The van der Waals surface area contributed by atoms with Crippen LogP contribution in [0, 0.1) is 6.92 Å². The van der Waals surface area contributed by atoms with Crippen LogP contribution in [0.15, 0.2) is 54.0 Å². The quantitative estimate of drug-likeness (QED) is 0.688. The lowest BCUT2D eigenvalue weighted by Gasteiger charge is -2.18. The number of aromatic amines is 1. The average molecular weight is 338 g/mol. The van der Waals surface area contributed by atoms with Gasteiger partial charge in [0.1, 0.15) is 5.69 Å². The maximum absolute atomic E-state index is 12.6. The summed E-state index contributed by atoms with van der Waals surface area (Å²) in [7, 11) is 0. The second-order valence-electron chi connectivity index (χ2n) is 5.69. The number of H-pyrrole nitrogens is 1. The second kappa shape index (κ2) is 6.84. The third-order valence-corrected chi connectivity index (χ3v) is 4.79. The summed E-state index contributed by atoms with van der Waals surface area (Å²) in [5, 5.41) is 5.04. The van der Waals surface area contributed by atoms with Gasteiger partial charge in [0.25, 0.3) is 5.91 Å². The standard InChI is InChI=1S/C19H18N2O2S/c1-12-5-7-14(8-6-12)18(17-4-3-9-24-17)21-19(23)16-10-15(11-20-16)13(2)22/h3-11,18,20H,1-2H3,(H,21,23)/t18-/m1/s1. The summed E-state index contributed by atoms with van der Waals surface area (Å²) in [6, 6.07) is 13.4. The van der Waals surface area contributed by atoms with Crippen molar-refractivity contribution in [3.05, 3.63) is 81.3 Å². The van der Waals surface area contributed by atoms with Crippen LogP contribution in [0.4, 0.5) is 0 Å². The van der Waals surface area contributed by atoms with E-state index in [0.29, 0.717) is 11.3 Å². The molecular formula is C19H18N2O2S. The molecule has 0 spiro atoms. The summed E-state index contributed by atoms with van der Waals surface area (Å²) in [5.41, 5.74) is 3.08. The molecule has 0 bridgehead atoms. The Labute approximate surface area is 144 Å². The lowest BCUT2D eigenvalue weighted by atomic mass is 10.0. The number of hydrogen-bond donors (Lipinski definition) is 2. The molecule has 3 rings (SSSR count). The van der Waals surface area contributed by atoms with Gasteiger partial charge in [-0.3, -0.25) is 9.59 Å². The van der Waals surface area contributed by atoms with Crippen LogP contribution in [0.3, 0.4) is 0 Å². The van der Waals surface area contributed by atoms with Crippen LogP contribution >= 0.6 is 11.3 Å². The summed E-state index contributed by atoms with van der Waals surface area (Å²) >= 11 is 1.60. The number of Topliss-reactive ketones (excluding diaryl/α,β-unsaturated/α-hetero) is 1. The van der Waals surface area contributed by atoms with Crippen molar-refractivity contribution in [2.75, 3.05) is 0 Å². The third kappa shape index (κ3) is 3.46. The van der Waals surface area contributed by atoms with Crippen molar-refractivity contribution < 1.29 is 9.59 Å². The molecule has 2 N–H and O–H groups in total. The lowest BCUT2D eigenvalue weighted by molar-refractivity contribution is 0.0939. The minimum absolute atomic E-state index is 0.0707. The Bertz CT molecular complexity index is 848. The van der Waals surface area contributed by atoms with E-state index >= 15 is 0 Å². The zero-order valence-electron chi connectivity index (χ0n) is 13.5. The van der Waals surface area contributed by atoms with E-state index in [1.54, 1.807) is 23.6 Å². The van der Waals surface area contributed by atoms with Crippen molar-refractivity contribution in [2.24, 2.45) is 0 Å². The minimum Gasteiger partial charge on any atom is -0.356 e. The van der Waals surface area contributed by atoms with Gasteiger partial charge in [-0.25, -0.2) is 0 Å². The number of rotatable bonds is 5. The van der Waals surface area contributed by atoms with E-state index in [-0.39, 0.29) is 17.7 Å². The van der Waals surface area contributed by atoms with E-state index < -0.39 is 0 Å². The normalized spacial score (nSPS) is 11.9. The number of carbonyl (C=O) groups excluding carboxylic acids is 2. The molecule has 122 valence electrons. The largest absolute Gasteiger partial charge is 0.356 e. The molecule has 4 nitrogen and oxygen atoms in total. The molecule has 1 aromatic carbocycles. The average Bonchev–Trinajstić information content (AvgIpc) is 3.25. The van der Waals surface area contributed by atoms with Crippen molar-refractivity contribution >= 4 is 23.0 Å². The number of nitrogens with one attached hydrogen (secondary N) is 2. The van der Waals surface area contributed by atoms with Crippen LogP contribution in [-0.4, -0.2) is 16.7 Å². The van der Waals surface area contributed by atoms with E-state index in [2.05, 4.69) is 10.3 Å². The molecule has 0 aliphatic carbocycles. The SMILES string of the molecule is CC(=O)c1c[nH]c(C(=O)N[C@H](c2ccc(C)cc2)c2cccs2)c1. The number of benzene rings is 1. The molecule has 0 radical (unpaired) electrons. The highest BCUT2D eigenvalue weighted by Gasteiger charge is 2.20. The lowest BCUT2D eigenvalue weighted by Crippen LogP contribution is -2.29. The van der Waals surface area contributed by atoms with Crippen LogP contribution in [0.25, 0.3) is 0 Å². The van der Waals surface area contributed by atoms with Gasteiger partial charge in [-0.2, -0.15) is 0 Å². The summed E-state index contributed by atoms with van der Waals surface area (Å²) in [6.07, 6.45) is 1.56. The predicted octanol–water partition coefficient (Wildman–Crippen LogP) is 4.11. The molecule has 24 heavy (non-hydrogen) atoms. The molecule has 0 aliphatic rings. The summed E-state index contributed by atoms with van der Waals surface area (Å²) in [6.45, 7) is 3.51. The number of amides is 1. The zero-order chi connectivity index (χ0) is 17.1. The Balaban J connectivity index is 1.87. The molecule has 0 unspecified atom stereocenters. The van der Waals surface area contributed by atoms with E-state index in [4.69, 9.17) is 0 Å². The Morgan fingerprint density at radius 1 is 1.17 bits per heavy atom. The fraction of sp³-hybridized carbons (Fsp3) is 0.158.